The average molecular weight is 348 g/mol. The van der Waals surface area contributed by atoms with E-state index in [0.29, 0.717) is 19.0 Å². The maximum atomic E-state index is 12.4. The smallest absolute Gasteiger partial charge is 0.417 e. The molecule has 1 aliphatic rings. The van der Waals surface area contributed by atoms with Crippen LogP contribution in [0.4, 0.5) is 4.79 Å². The quantitative estimate of drug-likeness (QED) is 0.705. The Morgan fingerprint density at radius 1 is 1.15 bits per heavy atom. The molecular weight excluding hydrogens is 328 g/mol. The van der Waals surface area contributed by atoms with Gasteiger partial charge in [0.05, 0.1) is 19.2 Å². The van der Waals surface area contributed by atoms with Crippen molar-refractivity contribution in [3.05, 3.63) is 64.7 Å². The molecule has 0 aliphatic carbocycles. The standard InChI is InChI=1S/C21H20N2O3/c1-13-8-14(2)18-10-16-12-23(11-15-4-6-17(25-3)7-5-15)21(24)26-20(16)22-19(18)9-13/h4-10H,11-12H2,1-3H3. The predicted octanol–water partition coefficient (Wildman–Crippen LogP) is 4.37. The fourth-order valence-corrected chi connectivity index (χ4v) is 3.34. The third-order valence-electron chi connectivity index (χ3n) is 4.66. The first-order chi connectivity index (χ1) is 12.5. The third kappa shape index (κ3) is 2.96. The first-order valence-electron chi connectivity index (χ1n) is 8.54. The van der Waals surface area contributed by atoms with Crippen LogP contribution in [-0.4, -0.2) is 23.1 Å². The fourth-order valence-electron chi connectivity index (χ4n) is 3.34. The lowest BCUT2D eigenvalue weighted by Crippen LogP contribution is -2.36. The summed E-state index contributed by atoms with van der Waals surface area (Å²) in [5.74, 6) is 1.21. The molecule has 0 unspecified atom stereocenters. The van der Waals surface area contributed by atoms with Gasteiger partial charge >= 0.3 is 6.09 Å². The molecule has 132 valence electrons. The molecule has 2 heterocycles. The van der Waals surface area contributed by atoms with Crippen LogP contribution in [0.1, 0.15) is 22.3 Å². The van der Waals surface area contributed by atoms with Crippen LogP contribution in [0.3, 0.4) is 0 Å². The summed E-state index contributed by atoms with van der Waals surface area (Å²) in [6.45, 7) is 5.08. The molecule has 5 nitrogen and oxygen atoms in total. The molecule has 3 aromatic rings. The molecule has 0 bridgehead atoms. The average Bonchev–Trinajstić information content (AvgIpc) is 2.62. The number of benzene rings is 2. The van der Waals surface area contributed by atoms with Crippen LogP contribution in [0.25, 0.3) is 10.9 Å². The Bertz CT molecular complexity index is 996. The van der Waals surface area contributed by atoms with Crippen LogP contribution in [0.2, 0.25) is 0 Å². The van der Waals surface area contributed by atoms with Gasteiger partial charge in [0.1, 0.15) is 5.75 Å². The summed E-state index contributed by atoms with van der Waals surface area (Å²) in [5.41, 5.74) is 5.13. The van der Waals surface area contributed by atoms with Crippen molar-refractivity contribution in [2.75, 3.05) is 7.11 Å². The zero-order chi connectivity index (χ0) is 18.3. The number of carbonyl (C=O) groups excluding carboxylic acids is 1. The Labute approximate surface area is 152 Å². The van der Waals surface area contributed by atoms with Crippen molar-refractivity contribution in [1.82, 2.24) is 9.88 Å². The molecule has 0 spiro atoms. The molecule has 1 aliphatic heterocycles. The number of aromatic nitrogens is 1. The minimum absolute atomic E-state index is 0.371. The molecule has 0 fully saturated rings. The van der Waals surface area contributed by atoms with Crippen molar-refractivity contribution in [3.8, 4) is 11.6 Å². The number of aryl methyl sites for hydroxylation is 2. The van der Waals surface area contributed by atoms with Crippen LogP contribution < -0.4 is 9.47 Å². The van der Waals surface area contributed by atoms with Gasteiger partial charge in [0.15, 0.2) is 0 Å². The monoisotopic (exact) mass is 348 g/mol. The normalized spacial score (nSPS) is 13.5. The summed E-state index contributed by atoms with van der Waals surface area (Å²) in [4.78, 5) is 18.6. The van der Waals surface area contributed by atoms with Gasteiger partial charge in [0.2, 0.25) is 5.88 Å². The Kier molecular flexibility index (Phi) is 3.99. The lowest BCUT2D eigenvalue weighted by Gasteiger charge is -2.27. The number of rotatable bonds is 3. The maximum absolute atomic E-state index is 12.4. The summed E-state index contributed by atoms with van der Waals surface area (Å²) in [5, 5.41) is 1.09. The first kappa shape index (κ1) is 16.4. The van der Waals surface area contributed by atoms with Crippen molar-refractivity contribution in [3.63, 3.8) is 0 Å². The van der Waals surface area contributed by atoms with Crippen molar-refractivity contribution >= 4 is 17.0 Å². The minimum Gasteiger partial charge on any atom is -0.497 e. The van der Waals surface area contributed by atoms with Crippen LogP contribution in [0.5, 0.6) is 11.6 Å². The van der Waals surface area contributed by atoms with Gasteiger partial charge in [-0.05, 0) is 54.8 Å². The van der Waals surface area contributed by atoms with Gasteiger partial charge in [-0.2, -0.15) is 0 Å². The molecule has 26 heavy (non-hydrogen) atoms. The number of hydrogen-bond donors (Lipinski definition) is 0. The molecule has 4 rings (SSSR count). The van der Waals surface area contributed by atoms with E-state index < -0.39 is 0 Å². The number of amides is 1. The molecule has 5 heteroatoms. The summed E-state index contributed by atoms with van der Waals surface area (Å²) in [6.07, 6.45) is -0.371. The van der Waals surface area contributed by atoms with Gasteiger partial charge < -0.3 is 9.47 Å². The fraction of sp³-hybridized carbons (Fsp3) is 0.238. The number of pyridine rings is 1. The van der Waals surface area contributed by atoms with E-state index >= 15 is 0 Å². The molecule has 1 aromatic heterocycles. The maximum Gasteiger partial charge on any atom is 0.417 e. The Morgan fingerprint density at radius 3 is 2.65 bits per heavy atom. The van der Waals surface area contributed by atoms with Crippen molar-refractivity contribution < 1.29 is 14.3 Å². The molecule has 0 saturated heterocycles. The molecule has 0 atom stereocenters. The zero-order valence-electron chi connectivity index (χ0n) is 15.1. The van der Waals surface area contributed by atoms with Gasteiger partial charge in [0.25, 0.3) is 0 Å². The number of carbonyl (C=O) groups is 1. The van der Waals surface area contributed by atoms with Gasteiger partial charge in [-0.1, -0.05) is 18.2 Å². The van der Waals surface area contributed by atoms with Gasteiger partial charge in [-0.15, -0.1) is 0 Å². The number of hydrogen-bond acceptors (Lipinski definition) is 4. The molecule has 0 saturated carbocycles. The van der Waals surface area contributed by atoms with E-state index in [9.17, 15) is 4.79 Å². The highest BCUT2D eigenvalue weighted by atomic mass is 16.6. The summed E-state index contributed by atoms with van der Waals surface area (Å²) >= 11 is 0. The number of nitrogens with zero attached hydrogens (tertiary/aromatic N) is 2. The number of fused-ring (bicyclic) bond motifs is 2. The number of methoxy groups -OCH3 is 1. The van der Waals surface area contributed by atoms with E-state index in [0.717, 1.165) is 33.3 Å². The first-order valence-corrected chi connectivity index (χ1v) is 8.54. The van der Waals surface area contributed by atoms with Crippen LogP contribution >= 0.6 is 0 Å². The second kappa shape index (κ2) is 6.33. The van der Waals surface area contributed by atoms with Gasteiger partial charge in [0, 0.05) is 17.5 Å². The predicted molar refractivity (Wildman–Crippen MR) is 99.5 cm³/mol. The van der Waals surface area contributed by atoms with Crippen LogP contribution in [-0.2, 0) is 13.1 Å². The summed E-state index contributed by atoms with van der Waals surface area (Å²) < 4.78 is 10.7. The molecule has 2 aromatic carbocycles. The SMILES string of the molecule is COc1ccc(CN2Cc3cc4c(C)cc(C)cc4nc3OC2=O)cc1. The zero-order valence-corrected chi connectivity index (χ0v) is 15.1. The molecular formula is C21H20N2O3. The third-order valence-corrected chi connectivity index (χ3v) is 4.66. The highest BCUT2D eigenvalue weighted by Crippen LogP contribution is 2.30. The van der Waals surface area contributed by atoms with E-state index in [1.807, 2.05) is 37.3 Å². The van der Waals surface area contributed by atoms with E-state index in [1.165, 1.54) is 5.56 Å². The van der Waals surface area contributed by atoms with E-state index in [4.69, 9.17) is 9.47 Å². The van der Waals surface area contributed by atoms with Gasteiger partial charge in [-0.3, -0.25) is 4.90 Å². The highest BCUT2D eigenvalue weighted by Gasteiger charge is 2.26. The second-order valence-corrected chi connectivity index (χ2v) is 6.67. The van der Waals surface area contributed by atoms with Crippen molar-refractivity contribution in [2.24, 2.45) is 0 Å². The summed E-state index contributed by atoms with van der Waals surface area (Å²) in [7, 11) is 1.63. The number of ether oxygens (including phenoxy) is 2. The van der Waals surface area contributed by atoms with E-state index in [1.54, 1.807) is 12.0 Å². The largest absolute Gasteiger partial charge is 0.497 e. The summed E-state index contributed by atoms with van der Waals surface area (Å²) in [6, 6.07) is 13.9. The molecule has 0 N–H and O–H groups in total. The Morgan fingerprint density at radius 2 is 1.92 bits per heavy atom. The van der Waals surface area contributed by atoms with Crippen LogP contribution in [0.15, 0.2) is 42.5 Å². The second-order valence-electron chi connectivity index (χ2n) is 6.67. The lowest BCUT2D eigenvalue weighted by atomic mass is 10.0. The van der Waals surface area contributed by atoms with E-state index in [-0.39, 0.29) is 6.09 Å². The minimum atomic E-state index is -0.371. The Hall–Kier alpha value is -3.08. The van der Waals surface area contributed by atoms with Crippen molar-refractivity contribution in [1.29, 1.82) is 0 Å². The highest BCUT2D eigenvalue weighted by molar-refractivity contribution is 5.85. The van der Waals surface area contributed by atoms with Gasteiger partial charge in [-0.25, -0.2) is 9.78 Å². The topological polar surface area (TPSA) is 51.7 Å². The van der Waals surface area contributed by atoms with E-state index in [2.05, 4.69) is 24.0 Å². The molecule has 0 radical (unpaired) electrons. The van der Waals surface area contributed by atoms with Crippen molar-refractivity contribution in [2.45, 2.75) is 26.9 Å². The molecule has 1 amide bonds. The van der Waals surface area contributed by atoms with Crippen LogP contribution in [0, 0.1) is 13.8 Å². The Balaban J connectivity index is 1.64. The lowest BCUT2D eigenvalue weighted by molar-refractivity contribution is 0.133.